The summed E-state index contributed by atoms with van der Waals surface area (Å²) < 4.78 is 5.18. The Labute approximate surface area is 83.3 Å². The number of nitrogens with zero attached hydrogens (tertiary/aromatic N) is 1. The lowest BCUT2D eigenvalue weighted by Gasteiger charge is -2.26. The number of hydrogen-bond donors (Lipinski definition) is 0. The molecule has 0 saturated carbocycles. The van der Waals surface area contributed by atoms with Crippen molar-refractivity contribution < 1.29 is 9.53 Å². The Kier molecular flexibility index (Phi) is 2.79. The minimum absolute atomic E-state index is 0.0542. The van der Waals surface area contributed by atoms with Crippen molar-refractivity contribution in [3.63, 3.8) is 0 Å². The number of rotatable bonds is 1. The molecule has 0 aromatic heterocycles. The lowest BCUT2D eigenvalue weighted by Crippen LogP contribution is -2.40. The smallest absolute Gasteiger partial charge is 0.254 e. The molecule has 1 aliphatic heterocycles. The molecule has 3 nitrogen and oxygen atoms in total. The average molecular weight is 189 g/mol. The van der Waals surface area contributed by atoms with Crippen LogP contribution in [0.1, 0.15) is 10.4 Å². The van der Waals surface area contributed by atoms with E-state index in [1.54, 1.807) is 23.1 Å². The number of carbonyl (C=O) groups is 1. The van der Waals surface area contributed by atoms with Crippen LogP contribution >= 0.6 is 0 Å². The van der Waals surface area contributed by atoms with Crippen molar-refractivity contribution in [3.05, 3.63) is 35.9 Å². The highest BCUT2D eigenvalue weighted by Gasteiger charge is 2.17. The molecule has 14 heavy (non-hydrogen) atoms. The summed E-state index contributed by atoms with van der Waals surface area (Å²) in [5.41, 5.74) is 0.672. The SMILES string of the molecule is O=C(c1c[c][c]cc1)N1CCOCC1. The van der Waals surface area contributed by atoms with Crippen LogP contribution in [0.2, 0.25) is 0 Å². The maximum absolute atomic E-state index is 11.8. The fourth-order valence-corrected chi connectivity index (χ4v) is 1.43. The first-order chi connectivity index (χ1) is 6.88. The molecule has 0 spiro atoms. The van der Waals surface area contributed by atoms with Crippen LogP contribution in [-0.2, 0) is 4.74 Å². The van der Waals surface area contributed by atoms with Gasteiger partial charge in [-0.2, -0.15) is 0 Å². The van der Waals surface area contributed by atoms with E-state index in [0.29, 0.717) is 31.9 Å². The molecule has 1 aromatic rings. The predicted molar refractivity (Wildman–Crippen MR) is 50.8 cm³/mol. The molecule has 0 N–H and O–H groups in total. The van der Waals surface area contributed by atoms with Gasteiger partial charge in [-0.15, -0.1) is 0 Å². The Morgan fingerprint density at radius 1 is 1.36 bits per heavy atom. The van der Waals surface area contributed by atoms with Crippen LogP contribution in [0, 0.1) is 12.1 Å². The monoisotopic (exact) mass is 189 g/mol. The molecule has 1 amide bonds. The van der Waals surface area contributed by atoms with Crippen molar-refractivity contribution in [1.29, 1.82) is 0 Å². The average Bonchev–Trinajstić information content (AvgIpc) is 2.30. The molecule has 1 saturated heterocycles. The Bertz CT molecular complexity index is 304. The van der Waals surface area contributed by atoms with E-state index in [1.807, 2.05) is 0 Å². The van der Waals surface area contributed by atoms with E-state index in [9.17, 15) is 4.79 Å². The summed E-state index contributed by atoms with van der Waals surface area (Å²) >= 11 is 0. The molecule has 3 heteroatoms. The van der Waals surface area contributed by atoms with E-state index < -0.39 is 0 Å². The van der Waals surface area contributed by atoms with Gasteiger partial charge in [0.1, 0.15) is 0 Å². The third kappa shape index (κ3) is 1.93. The Morgan fingerprint density at radius 3 is 2.79 bits per heavy atom. The molecule has 0 unspecified atom stereocenters. The molecule has 72 valence electrons. The molecule has 1 heterocycles. The third-order valence-electron chi connectivity index (χ3n) is 2.20. The van der Waals surface area contributed by atoms with E-state index in [4.69, 9.17) is 4.74 Å². The third-order valence-corrected chi connectivity index (χ3v) is 2.20. The number of carbonyl (C=O) groups excluding carboxylic acids is 1. The Hall–Kier alpha value is -1.35. The van der Waals surface area contributed by atoms with Gasteiger partial charge in [0, 0.05) is 18.7 Å². The fourth-order valence-electron chi connectivity index (χ4n) is 1.43. The molecular weight excluding hydrogens is 178 g/mol. The van der Waals surface area contributed by atoms with Crippen molar-refractivity contribution in [1.82, 2.24) is 4.90 Å². The lowest BCUT2D eigenvalue weighted by atomic mass is 10.2. The summed E-state index contributed by atoms with van der Waals surface area (Å²) in [6.45, 7) is 2.62. The lowest BCUT2D eigenvalue weighted by molar-refractivity contribution is 0.0303. The maximum Gasteiger partial charge on any atom is 0.254 e. The topological polar surface area (TPSA) is 29.5 Å². The van der Waals surface area contributed by atoms with Crippen molar-refractivity contribution in [3.8, 4) is 0 Å². The first-order valence-corrected chi connectivity index (χ1v) is 4.63. The number of benzene rings is 1. The molecule has 1 aliphatic rings. The molecule has 2 radical (unpaired) electrons. The second-order valence-corrected chi connectivity index (χ2v) is 3.13. The van der Waals surface area contributed by atoms with Gasteiger partial charge in [-0.3, -0.25) is 4.79 Å². The number of ether oxygens (including phenoxy) is 1. The number of amides is 1. The molecule has 1 fully saturated rings. The van der Waals surface area contributed by atoms with E-state index in [1.165, 1.54) is 0 Å². The molecule has 0 atom stereocenters. The van der Waals surface area contributed by atoms with Gasteiger partial charge in [0.25, 0.3) is 5.91 Å². The predicted octanol–water partition coefficient (Wildman–Crippen LogP) is 0.759. The molecule has 0 bridgehead atoms. The van der Waals surface area contributed by atoms with Crippen LogP contribution in [0.25, 0.3) is 0 Å². The molecular formula is C11H11NO2. The standard InChI is InChI=1S/C11H11NO2/c13-11(10-4-2-1-3-5-10)12-6-8-14-9-7-12/h2,4-5H,6-9H2. The fraction of sp³-hybridized carbons (Fsp3) is 0.364. The highest BCUT2D eigenvalue weighted by Crippen LogP contribution is 2.06. The zero-order valence-corrected chi connectivity index (χ0v) is 7.82. The van der Waals surface area contributed by atoms with E-state index in [0.717, 1.165) is 0 Å². The van der Waals surface area contributed by atoms with Crippen molar-refractivity contribution >= 4 is 5.91 Å². The summed E-state index contributed by atoms with van der Waals surface area (Å²) in [7, 11) is 0. The Balaban J connectivity index is 2.07. The van der Waals surface area contributed by atoms with Gasteiger partial charge in [0.05, 0.1) is 13.2 Å². The van der Waals surface area contributed by atoms with Crippen molar-refractivity contribution in [2.75, 3.05) is 26.3 Å². The zero-order chi connectivity index (χ0) is 9.80. The summed E-state index contributed by atoms with van der Waals surface area (Å²) in [4.78, 5) is 13.6. The van der Waals surface area contributed by atoms with Gasteiger partial charge in [0.15, 0.2) is 0 Å². The van der Waals surface area contributed by atoms with Gasteiger partial charge in [-0.05, 0) is 24.3 Å². The first kappa shape index (κ1) is 9.21. The van der Waals surface area contributed by atoms with Crippen LogP contribution in [0.4, 0.5) is 0 Å². The largest absolute Gasteiger partial charge is 0.378 e. The maximum atomic E-state index is 11.8. The molecule has 2 rings (SSSR count). The highest BCUT2D eigenvalue weighted by atomic mass is 16.5. The van der Waals surface area contributed by atoms with Crippen LogP contribution in [0.3, 0.4) is 0 Å². The minimum atomic E-state index is 0.0542. The summed E-state index contributed by atoms with van der Waals surface area (Å²) in [6, 6.07) is 10.7. The van der Waals surface area contributed by atoms with Crippen LogP contribution in [-0.4, -0.2) is 37.1 Å². The quantitative estimate of drug-likeness (QED) is 0.652. The number of hydrogen-bond acceptors (Lipinski definition) is 2. The second kappa shape index (κ2) is 4.24. The molecule has 1 aromatic carbocycles. The minimum Gasteiger partial charge on any atom is -0.378 e. The van der Waals surface area contributed by atoms with Crippen LogP contribution in [0.5, 0.6) is 0 Å². The van der Waals surface area contributed by atoms with Crippen molar-refractivity contribution in [2.45, 2.75) is 0 Å². The van der Waals surface area contributed by atoms with Gasteiger partial charge in [-0.1, -0.05) is 6.07 Å². The van der Waals surface area contributed by atoms with Gasteiger partial charge in [-0.25, -0.2) is 0 Å². The second-order valence-electron chi connectivity index (χ2n) is 3.13. The van der Waals surface area contributed by atoms with Gasteiger partial charge in [0.2, 0.25) is 0 Å². The van der Waals surface area contributed by atoms with E-state index >= 15 is 0 Å². The molecule has 0 aliphatic carbocycles. The normalized spacial score (nSPS) is 16.7. The van der Waals surface area contributed by atoms with E-state index in [2.05, 4.69) is 12.1 Å². The van der Waals surface area contributed by atoms with Gasteiger partial charge >= 0.3 is 0 Å². The summed E-state index contributed by atoms with van der Waals surface area (Å²) in [6.07, 6.45) is 0. The first-order valence-electron chi connectivity index (χ1n) is 4.63. The summed E-state index contributed by atoms with van der Waals surface area (Å²) in [5, 5.41) is 0. The Morgan fingerprint density at radius 2 is 2.14 bits per heavy atom. The summed E-state index contributed by atoms with van der Waals surface area (Å²) in [5.74, 6) is 0.0542. The van der Waals surface area contributed by atoms with E-state index in [-0.39, 0.29) is 5.91 Å². The van der Waals surface area contributed by atoms with Crippen LogP contribution in [0.15, 0.2) is 18.2 Å². The zero-order valence-electron chi connectivity index (χ0n) is 7.82. The highest BCUT2D eigenvalue weighted by molar-refractivity contribution is 5.94. The van der Waals surface area contributed by atoms with Gasteiger partial charge < -0.3 is 9.64 Å². The number of morpholine rings is 1. The van der Waals surface area contributed by atoms with Crippen molar-refractivity contribution in [2.24, 2.45) is 0 Å². The van der Waals surface area contributed by atoms with Crippen LogP contribution < -0.4 is 0 Å².